The van der Waals surface area contributed by atoms with Gasteiger partial charge < -0.3 is 10.1 Å². The van der Waals surface area contributed by atoms with Crippen molar-refractivity contribution < 1.29 is 14.3 Å². The van der Waals surface area contributed by atoms with Gasteiger partial charge in [-0.05, 0) is 40.8 Å². The summed E-state index contributed by atoms with van der Waals surface area (Å²) in [5, 5.41) is 8.81. The summed E-state index contributed by atoms with van der Waals surface area (Å²) in [6.45, 7) is 0. The fraction of sp³-hybridized carbons (Fsp3) is 0. The van der Waals surface area contributed by atoms with Crippen molar-refractivity contribution in [2.75, 3.05) is 0 Å². The van der Waals surface area contributed by atoms with E-state index in [-0.39, 0.29) is 5.56 Å². The molecule has 18 heavy (non-hydrogen) atoms. The summed E-state index contributed by atoms with van der Waals surface area (Å²) in [5.74, 6) is -1.72. The number of carbonyl (C=O) groups is 1. The van der Waals surface area contributed by atoms with Crippen LogP contribution < -0.4 is 5.56 Å². The molecule has 0 fully saturated rings. The Balaban J connectivity index is 2.64. The Kier molecular flexibility index (Phi) is 3.46. The third-order valence-corrected chi connectivity index (χ3v) is 3.19. The Hall–Kier alpha value is -1.70. The molecule has 2 aromatic rings. The van der Waals surface area contributed by atoms with Crippen LogP contribution in [0.5, 0.6) is 0 Å². The number of aromatic nitrogens is 1. The molecule has 6 heteroatoms. The van der Waals surface area contributed by atoms with Crippen LogP contribution in [0.2, 0.25) is 0 Å². The van der Waals surface area contributed by atoms with Crippen molar-refractivity contribution in [1.29, 1.82) is 0 Å². The zero-order chi connectivity index (χ0) is 13.3. The number of hydrogen-bond donors (Lipinski definition) is 2. The molecule has 1 aromatic carbocycles. The average molecular weight is 359 g/mol. The maximum atomic E-state index is 13.1. The third-order valence-electron chi connectivity index (χ3n) is 2.34. The quantitative estimate of drug-likeness (QED) is 0.810. The molecule has 0 aliphatic rings. The van der Waals surface area contributed by atoms with Crippen LogP contribution in [0.3, 0.4) is 0 Å². The number of nitrogens with one attached hydrogen (secondary N) is 1. The minimum absolute atomic E-state index is 0.334. The van der Waals surface area contributed by atoms with E-state index >= 15 is 0 Å². The number of carboxylic acid groups (broad SMARTS) is 1. The Bertz CT molecular complexity index is 681. The highest BCUT2D eigenvalue weighted by Gasteiger charge is 2.13. The van der Waals surface area contributed by atoms with E-state index < -0.39 is 17.3 Å². The maximum absolute atomic E-state index is 13.1. The molecule has 0 atom stereocenters. The molecule has 0 aliphatic carbocycles. The summed E-state index contributed by atoms with van der Waals surface area (Å²) in [6, 6.07) is 6.98. The molecular weight excluding hydrogens is 352 g/mol. The topological polar surface area (TPSA) is 70.2 Å². The predicted molar refractivity (Wildman–Crippen MR) is 72.1 cm³/mol. The van der Waals surface area contributed by atoms with E-state index in [9.17, 15) is 14.0 Å². The number of aromatic carboxylic acids is 1. The van der Waals surface area contributed by atoms with Gasteiger partial charge in [0.15, 0.2) is 0 Å². The molecule has 1 heterocycles. The highest BCUT2D eigenvalue weighted by atomic mass is 127. The molecule has 0 spiro atoms. The van der Waals surface area contributed by atoms with Gasteiger partial charge in [0.25, 0.3) is 5.56 Å². The van der Waals surface area contributed by atoms with Gasteiger partial charge in [0.05, 0.1) is 5.69 Å². The number of halogens is 2. The van der Waals surface area contributed by atoms with Crippen molar-refractivity contribution in [1.82, 2.24) is 4.98 Å². The summed E-state index contributed by atoms with van der Waals surface area (Å²) in [6.07, 6.45) is 0. The summed E-state index contributed by atoms with van der Waals surface area (Å²) >= 11 is 1.90. The first-order valence-electron chi connectivity index (χ1n) is 4.91. The van der Waals surface area contributed by atoms with Crippen LogP contribution in [0.4, 0.5) is 4.39 Å². The van der Waals surface area contributed by atoms with Gasteiger partial charge in [0, 0.05) is 9.13 Å². The van der Waals surface area contributed by atoms with Crippen molar-refractivity contribution in [2.45, 2.75) is 0 Å². The molecule has 2 N–H and O–H groups in total. The number of aromatic amines is 1. The van der Waals surface area contributed by atoms with Gasteiger partial charge in [0.1, 0.15) is 11.4 Å². The third kappa shape index (κ3) is 2.42. The Morgan fingerprint density at radius 3 is 2.67 bits per heavy atom. The lowest BCUT2D eigenvalue weighted by Crippen LogP contribution is -2.18. The smallest absolute Gasteiger partial charge is 0.341 e. The predicted octanol–water partition coefficient (Wildman–Crippen LogP) is 2.48. The molecule has 4 nitrogen and oxygen atoms in total. The molecule has 0 radical (unpaired) electrons. The molecule has 1 aromatic heterocycles. The first-order valence-corrected chi connectivity index (χ1v) is 5.99. The minimum atomic E-state index is -1.29. The van der Waals surface area contributed by atoms with Crippen LogP contribution in [-0.4, -0.2) is 16.1 Å². The van der Waals surface area contributed by atoms with Gasteiger partial charge in [-0.1, -0.05) is 12.1 Å². The highest BCUT2D eigenvalue weighted by Crippen LogP contribution is 2.22. The van der Waals surface area contributed by atoms with Gasteiger partial charge in [-0.2, -0.15) is 0 Å². The lowest BCUT2D eigenvalue weighted by atomic mass is 10.1. The highest BCUT2D eigenvalue weighted by molar-refractivity contribution is 14.1. The maximum Gasteiger partial charge on any atom is 0.341 e. The first kappa shape index (κ1) is 12.7. The van der Waals surface area contributed by atoms with Gasteiger partial charge in [-0.3, -0.25) is 4.79 Å². The van der Waals surface area contributed by atoms with E-state index in [0.717, 1.165) is 0 Å². The summed E-state index contributed by atoms with van der Waals surface area (Å²) in [5.41, 5.74) is -0.139. The lowest BCUT2D eigenvalue weighted by molar-refractivity contribution is 0.0695. The second-order valence-corrected chi connectivity index (χ2v) is 4.71. The molecule has 92 valence electrons. The van der Waals surface area contributed by atoms with E-state index in [1.165, 1.54) is 24.3 Å². The Morgan fingerprint density at radius 1 is 1.33 bits per heavy atom. The van der Waals surface area contributed by atoms with E-state index in [4.69, 9.17) is 5.11 Å². The normalized spacial score (nSPS) is 10.3. The SMILES string of the molecule is O=C(O)c1cc(I)c(-c2cccc(F)c2)[nH]c1=O. The molecule has 2 rings (SSSR count). The van der Waals surface area contributed by atoms with E-state index in [0.29, 0.717) is 14.8 Å². The second-order valence-electron chi connectivity index (χ2n) is 3.55. The monoisotopic (exact) mass is 359 g/mol. The van der Waals surface area contributed by atoms with Crippen molar-refractivity contribution in [3.63, 3.8) is 0 Å². The largest absolute Gasteiger partial charge is 0.477 e. The van der Waals surface area contributed by atoms with E-state index in [1.807, 2.05) is 22.6 Å². The average Bonchev–Trinajstić information content (AvgIpc) is 2.31. The molecule has 0 unspecified atom stereocenters. The number of pyridine rings is 1. The number of carboxylic acids is 1. The molecule has 0 bridgehead atoms. The fourth-order valence-corrected chi connectivity index (χ4v) is 2.28. The van der Waals surface area contributed by atoms with E-state index in [1.54, 1.807) is 6.07 Å². The van der Waals surface area contributed by atoms with Crippen molar-refractivity contribution >= 4 is 28.6 Å². The van der Waals surface area contributed by atoms with Gasteiger partial charge in [0.2, 0.25) is 0 Å². The van der Waals surface area contributed by atoms with Crippen LogP contribution in [0, 0.1) is 9.39 Å². The summed E-state index contributed by atoms with van der Waals surface area (Å²) in [7, 11) is 0. The molecule has 0 aliphatic heterocycles. The van der Waals surface area contributed by atoms with E-state index in [2.05, 4.69) is 4.98 Å². The molecule has 0 amide bonds. The summed E-state index contributed by atoms with van der Waals surface area (Å²) < 4.78 is 13.6. The van der Waals surface area contributed by atoms with Crippen LogP contribution in [0.1, 0.15) is 10.4 Å². The van der Waals surface area contributed by atoms with Crippen molar-refractivity contribution in [2.24, 2.45) is 0 Å². The van der Waals surface area contributed by atoms with Crippen molar-refractivity contribution in [3.05, 3.63) is 55.6 Å². The molecular formula is C12H7FINO3. The van der Waals surface area contributed by atoms with Crippen LogP contribution >= 0.6 is 22.6 Å². The van der Waals surface area contributed by atoms with Gasteiger partial charge in [-0.15, -0.1) is 0 Å². The zero-order valence-corrected chi connectivity index (χ0v) is 11.1. The number of benzene rings is 1. The standard InChI is InChI=1S/C12H7FINO3/c13-7-3-1-2-6(4-7)10-9(14)5-8(12(17)18)11(16)15-10/h1-5H,(H,15,16)(H,17,18). The number of hydrogen-bond acceptors (Lipinski definition) is 2. The Labute approximate surface area is 115 Å². The number of H-pyrrole nitrogens is 1. The molecule has 0 saturated heterocycles. The summed E-state index contributed by atoms with van der Waals surface area (Å²) in [4.78, 5) is 24.8. The van der Waals surface area contributed by atoms with Crippen LogP contribution in [0.25, 0.3) is 11.3 Å². The van der Waals surface area contributed by atoms with Crippen LogP contribution in [0.15, 0.2) is 35.1 Å². The van der Waals surface area contributed by atoms with Crippen LogP contribution in [-0.2, 0) is 0 Å². The first-order chi connectivity index (χ1) is 8.49. The second kappa shape index (κ2) is 4.89. The minimum Gasteiger partial charge on any atom is -0.477 e. The lowest BCUT2D eigenvalue weighted by Gasteiger charge is -2.05. The Morgan fingerprint density at radius 2 is 2.06 bits per heavy atom. The fourth-order valence-electron chi connectivity index (χ4n) is 1.52. The zero-order valence-electron chi connectivity index (χ0n) is 8.91. The van der Waals surface area contributed by atoms with Gasteiger partial charge in [-0.25, -0.2) is 9.18 Å². The molecule has 0 saturated carbocycles. The van der Waals surface area contributed by atoms with Gasteiger partial charge >= 0.3 is 5.97 Å². The number of rotatable bonds is 2. The van der Waals surface area contributed by atoms with Crippen molar-refractivity contribution in [3.8, 4) is 11.3 Å².